The molecule has 3 nitrogen and oxygen atoms in total. The van der Waals surface area contributed by atoms with E-state index >= 15 is 0 Å². The molecule has 0 amide bonds. The summed E-state index contributed by atoms with van der Waals surface area (Å²) in [7, 11) is 0. The second-order valence-electron chi connectivity index (χ2n) is 6.84. The van der Waals surface area contributed by atoms with E-state index in [2.05, 4.69) is 39.9 Å². The molecule has 1 unspecified atom stereocenters. The molecule has 0 fully saturated rings. The van der Waals surface area contributed by atoms with Gasteiger partial charge in [-0.1, -0.05) is 53.9 Å². The third kappa shape index (κ3) is 12.6. The van der Waals surface area contributed by atoms with Gasteiger partial charge in [-0.3, -0.25) is 0 Å². The van der Waals surface area contributed by atoms with Crippen LogP contribution in [0.3, 0.4) is 0 Å². The van der Waals surface area contributed by atoms with Crippen LogP contribution in [0.25, 0.3) is 0 Å². The fourth-order valence-electron chi connectivity index (χ4n) is 2.02. The largest absolute Gasteiger partial charge is 0.389 e. The van der Waals surface area contributed by atoms with Gasteiger partial charge >= 0.3 is 0 Å². The molecule has 0 bridgehead atoms. The van der Waals surface area contributed by atoms with E-state index in [0.717, 1.165) is 13.2 Å². The fraction of sp³-hybridized carbons (Fsp3) is 1.00. The standard InChI is InChI=1S/C16H35NO2/c1-6-7-8-9-16(4,5)13-17-10-15(18)12-19-11-14(2)3/h14-15,17-18H,6-13H2,1-5H3. The van der Waals surface area contributed by atoms with Crippen molar-refractivity contribution in [3.8, 4) is 0 Å². The minimum Gasteiger partial charge on any atom is -0.389 e. The smallest absolute Gasteiger partial charge is 0.0897 e. The minimum absolute atomic E-state index is 0.313. The van der Waals surface area contributed by atoms with Gasteiger partial charge in [0.1, 0.15) is 0 Å². The lowest BCUT2D eigenvalue weighted by Gasteiger charge is -2.26. The molecule has 0 saturated carbocycles. The van der Waals surface area contributed by atoms with Gasteiger partial charge in [0, 0.05) is 19.7 Å². The van der Waals surface area contributed by atoms with Crippen molar-refractivity contribution in [2.45, 2.75) is 66.4 Å². The highest BCUT2D eigenvalue weighted by atomic mass is 16.5. The quantitative estimate of drug-likeness (QED) is 0.536. The first-order valence-corrected chi connectivity index (χ1v) is 7.84. The molecule has 2 N–H and O–H groups in total. The SMILES string of the molecule is CCCCCC(C)(C)CNCC(O)COCC(C)C. The van der Waals surface area contributed by atoms with Crippen molar-refractivity contribution in [3.05, 3.63) is 0 Å². The molecule has 19 heavy (non-hydrogen) atoms. The first-order valence-electron chi connectivity index (χ1n) is 7.84. The molecule has 0 rings (SSSR count). The number of aliphatic hydroxyl groups is 1. The normalized spacial score (nSPS) is 14.1. The summed E-state index contributed by atoms with van der Waals surface area (Å²) < 4.78 is 5.43. The van der Waals surface area contributed by atoms with Gasteiger partial charge in [-0.15, -0.1) is 0 Å². The zero-order valence-corrected chi connectivity index (χ0v) is 13.7. The van der Waals surface area contributed by atoms with Crippen LogP contribution in [-0.2, 0) is 4.74 Å². The number of unbranched alkanes of at least 4 members (excludes halogenated alkanes) is 2. The highest BCUT2D eigenvalue weighted by molar-refractivity contribution is 4.72. The molecule has 0 aliphatic rings. The number of nitrogens with one attached hydrogen (secondary N) is 1. The van der Waals surface area contributed by atoms with Crippen LogP contribution in [-0.4, -0.2) is 37.5 Å². The summed E-state index contributed by atoms with van der Waals surface area (Å²) in [6, 6.07) is 0. The molecular formula is C16H35NO2. The molecule has 0 aliphatic carbocycles. The van der Waals surface area contributed by atoms with E-state index in [-0.39, 0.29) is 0 Å². The maximum atomic E-state index is 9.79. The topological polar surface area (TPSA) is 41.5 Å². The molecule has 0 heterocycles. The van der Waals surface area contributed by atoms with Crippen molar-refractivity contribution in [3.63, 3.8) is 0 Å². The molecular weight excluding hydrogens is 238 g/mol. The summed E-state index contributed by atoms with van der Waals surface area (Å²) >= 11 is 0. The predicted molar refractivity (Wildman–Crippen MR) is 82.5 cm³/mol. The number of hydrogen-bond donors (Lipinski definition) is 2. The maximum Gasteiger partial charge on any atom is 0.0897 e. The first kappa shape index (κ1) is 18.9. The third-order valence-electron chi connectivity index (χ3n) is 3.20. The molecule has 0 spiro atoms. The highest BCUT2D eigenvalue weighted by Crippen LogP contribution is 2.22. The molecule has 0 aromatic rings. The monoisotopic (exact) mass is 273 g/mol. The maximum absolute atomic E-state index is 9.79. The van der Waals surface area contributed by atoms with Crippen LogP contribution in [0.5, 0.6) is 0 Å². The highest BCUT2D eigenvalue weighted by Gasteiger charge is 2.17. The van der Waals surface area contributed by atoms with Gasteiger partial charge in [0.05, 0.1) is 12.7 Å². The van der Waals surface area contributed by atoms with E-state index in [9.17, 15) is 5.11 Å². The van der Waals surface area contributed by atoms with Crippen LogP contribution in [0.2, 0.25) is 0 Å². The number of aliphatic hydroxyl groups excluding tert-OH is 1. The number of ether oxygens (including phenoxy) is 1. The molecule has 0 saturated heterocycles. The summed E-state index contributed by atoms with van der Waals surface area (Å²) in [5.74, 6) is 0.526. The van der Waals surface area contributed by atoms with Gasteiger partial charge in [0.25, 0.3) is 0 Å². The van der Waals surface area contributed by atoms with E-state index in [1.807, 2.05) is 0 Å². The Morgan fingerprint density at radius 3 is 2.42 bits per heavy atom. The lowest BCUT2D eigenvalue weighted by Crippen LogP contribution is -2.36. The average molecular weight is 273 g/mol. The molecule has 0 radical (unpaired) electrons. The van der Waals surface area contributed by atoms with Crippen LogP contribution in [0.4, 0.5) is 0 Å². The van der Waals surface area contributed by atoms with E-state index in [1.165, 1.54) is 25.7 Å². The van der Waals surface area contributed by atoms with Gasteiger partial charge in [0.15, 0.2) is 0 Å². The van der Waals surface area contributed by atoms with E-state index < -0.39 is 6.10 Å². The van der Waals surface area contributed by atoms with Gasteiger partial charge in [-0.05, 0) is 17.8 Å². The summed E-state index contributed by atoms with van der Waals surface area (Å²) in [4.78, 5) is 0. The fourth-order valence-corrected chi connectivity index (χ4v) is 2.02. The van der Waals surface area contributed by atoms with Gasteiger partial charge in [0.2, 0.25) is 0 Å². The molecule has 0 aromatic carbocycles. The van der Waals surface area contributed by atoms with Gasteiger partial charge in [-0.25, -0.2) is 0 Å². The zero-order valence-electron chi connectivity index (χ0n) is 13.7. The van der Waals surface area contributed by atoms with Crippen molar-refractivity contribution < 1.29 is 9.84 Å². The third-order valence-corrected chi connectivity index (χ3v) is 3.20. The van der Waals surface area contributed by atoms with Crippen LogP contribution in [0, 0.1) is 11.3 Å². The Morgan fingerprint density at radius 2 is 1.84 bits per heavy atom. The Kier molecular flexibility index (Phi) is 10.6. The van der Waals surface area contributed by atoms with Crippen molar-refractivity contribution in [2.75, 3.05) is 26.3 Å². The number of hydrogen-bond acceptors (Lipinski definition) is 3. The summed E-state index contributed by atoms with van der Waals surface area (Å²) in [5, 5.41) is 13.1. The molecule has 116 valence electrons. The Bertz CT molecular complexity index is 205. The van der Waals surface area contributed by atoms with Crippen molar-refractivity contribution in [1.82, 2.24) is 5.32 Å². The second-order valence-corrected chi connectivity index (χ2v) is 6.84. The molecule has 3 heteroatoms. The van der Waals surface area contributed by atoms with Crippen LogP contribution < -0.4 is 5.32 Å². The average Bonchev–Trinajstić information content (AvgIpc) is 2.28. The van der Waals surface area contributed by atoms with Crippen LogP contribution in [0.1, 0.15) is 60.3 Å². The van der Waals surface area contributed by atoms with E-state index in [1.54, 1.807) is 0 Å². The van der Waals surface area contributed by atoms with E-state index in [0.29, 0.717) is 24.5 Å². The summed E-state index contributed by atoms with van der Waals surface area (Å²) in [5.41, 5.74) is 0.313. The van der Waals surface area contributed by atoms with E-state index in [4.69, 9.17) is 4.74 Å². The first-order chi connectivity index (χ1) is 8.87. The predicted octanol–water partition coefficient (Wildman–Crippen LogP) is 3.22. The number of rotatable bonds is 12. The lowest BCUT2D eigenvalue weighted by molar-refractivity contribution is 0.0251. The van der Waals surface area contributed by atoms with Crippen molar-refractivity contribution >= 4 is 0 Å². The van der Waals surface area contributed by atoms with Gasteiger partial charge in [-0.2, -0.15) is 0 Å². The van der Waals surface area contributed by atoms with Crippen molar-refractivity contribution in [2.24, 2.45) is 11.3 Å². The Balaban J connectivity index is 3.58. The van der Waals surface area contributed by atoms with Crippen molar-refractivity contribution in [1.29, 1.82) is 0 Å². The summed E-state index contributed by atoms with van der Waals surface area (Å²) in [6.45, 7) is 13.8. The Morgan fingerprint density at radius 1 is 1.16 bits per heavy atom. The Labute approximate surface area is 120 Å². The van der Waals surface area contributed by atoms with Gasteiger partial charge < -0.3 is 15.2 Å². The second kappa shape index (κ2) is 10.6. The lowest BCUT2D eigenvalue weighted by atomic mass is 9.87. The minimum atomic E-state index is -0.398. The zero-order chi connectivity index (χ0) is 14.7. The molecule has 0 aliphatic heterocycles. The summed E-state index contributed by atoms with van der Waals surface area (Å²) in [6.07, 6.45) is 4.73. The molecule has 0 aromatic heterocycles. The molecule has 1 atom stereocenters. The van der Waals surface area contributed by atoms with Crippen LogP contribution in [0.15, 0.2) is 0 Å². The Hall–Kier alpha value is -0.120. The van der Waals surface area contributed by atoms with Crippen LogP contribution >= 0.6 is 0 Å².